The molecule has 18 heavy (non-hydrogen) atoms. The van der Waals surface area contributed by atoms with E-state index in [1.807, 2.05) is 4.90 Å². The Bertz CT molecular complexity index is 493. The zero-order valence-electron chi connectivity index (χ0n) is 11.3. The van der Waals surface area contributed by atoms with Crippen LogP contribution in [0.15, 0.2) is 11.0 Å². The van der Waals surface area contributed by atoms with E-state index in [-0.39, 0.29) is 11.6 Å². The largest absolute Gasteiger partial charge is 0.337 e. The highest BCUT2D eigenvalue weighted by atomic mass is 16.2. The van der Waals surface area contributed by atoms with Crippen molar-refractivity contribution in [3.05, 3.63) is 22.4 Å². The fraction of sp³-hybridized carbons (Fsp3) is 0.692. The minimum Gasteiger partial charge on any atom is -0.337 e. The molecule has 1 aromatic rings. The van der Waals surface area contributed by atoms with Crippen molar-refractivity contribution in [2.24, 2.45) is 20.0 Å². The summed E-state index contributed by atoms with van der Waals surface area (Å²) in [6.45, 7) is 3.81. The van der Waals surface area contributed by atoms with Gasteiger partial charge < -0.3 is 9.47 Å². The maximum atomic E-state index is 12.3. The lowest BCUT2D eigenvalue weighted by atomic mass is 9.94. The topological polar surface area (TPSA) is 47.2 Å². The smallest absolute Gasteiger partial charge is 0.328 e. The van der Waals surface area contributed by atoms with E-state index in [1.54, 1.807) is 20.3 Å². The molecule has 1 aromatic heterocycles. The molecule has 100 valence electrons. The molecule has 5 heteroatoms. The number of imidazole rings is 1. The van der Waals surface area contributed by atoms with Crippen LogP contribution in [-0.4, -0.2) is 33.0 Å². The number of hydrogen-bond donors (Lipinski definition) is 0. The SMILES string of the molecule is CCC1CCN(C(=O)c2cn(C)c(=O)n2C)CC1. The number of aryl methyl sites for hydroxylation is 1. The average molecular weight is 251 g/mol. The molecule has 0 radical (unpaired) electrons. The van der Waals surface area contributed by atoms with Crippen molar-refractivity contribution in [1.29, 1.82) is 0 Å². The fourth-order valence-corrected chi connectivity index (χ4v) is 2.57. The molecule has 0 bridgehead atoms. The van der Waals surface area contributed by atoms with Gasteiger partial charge in [-0.3, -0.25) is 9.36 Å². The second kappa shape index (κ2) is 5.00. The van der Waals surface area contributed by atoms with E-state index in [4.69, 9.17) is 0 Å². The van der Waals surface area contributed by atoms with Gasteiger partial charge in [-0.1, -0.05) is 13.3 Å². The number of carbonyl (C=O) groups is 1. The van der Waals surface area contributed by atoms with Crippen LogP contribution in [0.5, 0.6) is 0 Å². The molecule has 0 saturated carbocycles. The lowest BCUT2D eigenvalue weighted by Crippen LogP contribution is -2.39. The Morgan fingerprint density at radius 1 is 1.33 bits per heavy atom. The van der Waals surface area contributed by atoms with Crippen LogP contribution in [0.1, 0.15) is 36.7 Å². The first-order valence-corrected chi connectivity index (χ1v) is 6.56. The number of likely N-dealkylation sites (tertiary alicyclic amines) is 1. The molecular formula is C13H21N3O2. The van der Waals surface area contributed by atoms with Gasteiger partial charge in [0.05, 0.1) is 0 Å². The third-order valence-electron chi connectivity index (χ3n) is 3.96. The highest BCUT2D eigenvalue weighted by molar-refractivity contribution is 5.92. The van der Waals surface area contributed by atoms with Gasteiger partial charge in [0.2, 0.25) is 0 Å². The van der Waals surface area contributed by atoms with Crippen LogP contribution < -0.4 is 5.69 Å². The van der Waals surface area contributed by atoms with Crippen molar-refractivity contribution in [2.45, 2.75) is 26.2 Å². The lowest BCUT2D eigenvalue weighted by molar-refractivity contribution is 0.0678. The van der Waals surface area contributed by atoms with Gasteiger partial charge in [-0.25, -0.2) is 4.79 Å². The molecular weight excluding hydrogens is 230 g/mol. The zero-order chi connectivity index (χ0) is 13.3. The standard InChI is InChI=1S/C13H21N3O2/c1-4-10-5-7-16(8-6-10)12(17)11-9-14(2)13(18)15(11)3/h9-10H,4-8H2,1-3H3. The molecule has 0 N–H and O–H groups in total. The summed E-state index contributed by atoms with van der Waals surface area (Å²) in [5, 5.41) is 0. The molecule has 0 unspecified atom stereocenters. The molecule has 1 amide bonds. The molecule has 1 fully saturated rings. The van der Waals surface area contributed by atoms with Crippen molar-refractivity contribution in [2.75, 3.05) is 13.1 Å². The predicted octanol–water partition coefficient (Wildman–Crippen LogP) is 0.986. The maximum Gasteiger partial charge on any atom is 0.328 e. The molecule has 1 aliphatic rings. The molecule has 2 rings (SSSR count). The molecule has 0 atom stereocenters. The quantitative estimate of drug-likeness (QED) is 0.787. The van der Waals surface area contributed by atoms with Crippen molar-refractivity contribution in [3.8, 4) is 0 Å². The van der Waals surface area contributed by atoms with E-state index >= 15 is 0 Å². The Hall–Kier alpha value is -1.52. The second-order valence-corrected chi connectivity index (χ2v) is 5.11. The second-order valence-electron chi connectivity index (χ2n) is 5.11. The Morgan fingerprint density at radius 2 is 1.94 bits per heavy atom. The summed E-state index contributed by atoms with van der Waals surface area (Å²) >= 11 is 0. The monoisotopic (exact) mass is 251 g/mol. The van der Waals surface area contributed by atoms with Gasteiger partial charge >= 0.3 is 5.69 Å². The Balaban J connectivity index is 2.13. The summed E-state index contributed by atoms with van der Waals surface area (Å²) in [7, 11) is 3.32. The third kappa shape index (κ3) is 2.21. The molecule has 0 aliphatic carbocycles. The number of aromatic nitrogens is 2. The van der Waals surface area contributed by atoms with E-state index in [9.17, 15) is 9.59 Å². The summed E-state index contributed by atoms with van der Waals surface area (Å²) in [5.41, 5.74) is 0.333. The number of amides is 1. The number of carbonyl (C=O) groups excluding carboxylic acids is 1. The minimum atomic E-state index is -0.151. The summed E-state index contributed by atoms with van der Waals surface area (Å²) in [5.74, 6) is 0.721. The Kier molecular flexibility index (Phi) is 3.59. The molecule has 1 aliphatic heterocycles. The van der Waals surface area contributed by atoms with Crippen molar-refractivity contribution in [3.63, 3.8) is 0 Å². The average Bonchev–Trinajstić information content (AvgIpc) is 2.66. The summed E-state index contributed by atoms with van der Waals surface area (Å²) < 4.78 is 2.88. The molecule has 2 heterocycles. The summed E-state index contributed by atoms with van der Waals surface area (Å²) in [4.78, 5) is 25.8. The fourth-order valence-electron chi connectivity index (χ4n) is 2.57. The van der Waals surface area contributed by atoms with Gasteiger partial charge in [0.15, 0.2) is 0 Å². The first-order chi connectivity index (χ1) is 8.54. The van der Waals surface area contributed by atoms with Gasteiger partial charge in [-0.05, 0) is 18.8 Å². The van der Waals surface area contributed by atoms with Gasteiger partial charge in [0.1, 0.15) is 5.69 Å². The minimum absolute atomic E-state index is 0.0234. The number of piperidine rings is 1. The summed E-state index contributed by atoms with van der Waals surface area (Å²) in [6, 6.07) is 0. The Labute approximate surface area is 107 Å². The van der Waals surface area contributed by atoms with Crippen molar-refractivity contribution in [1.82, 2.24) is 14.0 Å². The van der Waals surface area contributed by atoms with Gasteiger partial charge in [-0.15, -0.1) is 0 Å². The van der Waals surface area contributed by atoms with Crippen LogP contribution in [0.3, 0.4) is 0 Å². The Morgan fingerprint density at radius 3 is 2.39 bits per heavy atom. The van der Waals surface area contributed by atoms with E-state index in [2.05, 4.69) is 6.92 Å². The van der Waals surface area contributed by atoms with E-state index < -0.39 is 0 Å². The van der Waals surface area contributed by atoms with Crippen LogP contribution in [0.4, 0.5) is 0 Å². The van der Waals surface area contributed by atoms with Crippen molar-refractivity contribution < 1.29 is 4.79 Å². The van der Waals surface area contributed by atoms with Crippen LogP contribution in [0, 0.1) is 5.92 Å². The van der Waals surface area contributed by atoms with Crippen LogP contribution in [-0.2, 0) is 14.1 Å². The van der Waals surface area contributed by atoms with Crippen molar-refractivity contribution >= 4 is 5.91 Å². The number of hydrogen-bond acceptors (Lipinski definition) is 2. The van der Waals surface area contributed by atoms with Crippen LogP contribution >= 0.6 is 0 Å². The van der Waals surface area contributed by atoms with Gasteiger partial charge in [-0.2, -0.15) is 0 Å². The van der Waals surface area contributed by atoms with Crippen LogP contribution in [0.2, 0.25) is 0 Å². The molecule has 0 spiro atoms. The highest BCUT2D eigenvalue weighted by Crippen LogP contribution is 2.21. The molecule has 5 nitrogen and oxygen atoms in total. The van der Waals surface area contributed by atoms with E-state index in [0.717, 1.165) is 31.8 Å². The van der Waals surface area contributed by atoms with Gasteiger partial charge in [0.25, 0.3) is 5.91 Å². The van der Waals surface area contributed by atoms with Gasteiger partial charge in [0, 0.05) is 33.4 Å². The first-order valence-electron chi connectivity index (χ1n) is 6.56. The zero-order valence-corrected chi connectivity index (χ0v) is 11.3. The number of rotatable bonds is 2. The van der Waals surface area contributed by atoms with Crippen LogP contribution in [0.25, 0.3) is 0 Å². The molecule has 1 saturated heterocycles. The predicted molar refractivity (Wildman–Crippen MR) is 69.6 cm³/mol. The third-order valence-corrected chi connectivity index (χ3v) is 3.96. The van der Waals surface area contributed by atoms with E-state index in [0.29, 0.717) is 5.69 Å². The normalized spacial score (nSPS) is 17.2. The first kappa shape index (κ1) is 12.9. The summed E-state index contributed by atoms with van der Waals surface area (Å²) in [6.07, 6.45) is 4.95. The highest BCUT2D eigenvalue weighted by Gasteiger charge is 2.25. The van der Waals surface area contributed by atoms with E-state index in [1.165, 1.54) is 15.6 Å². The maximum absolute atomic E-state index is 12.3. The molecule has 0 aromatic carbocycles. The number of nitrogens with zero attached hydrogens (tertiary/aromatic N) is 3. The lowest BCUT2D eigenvalue weighted by Gasteiger charge is -2.31.